The molecule has 1 atom stereocenters. The van der Waals surface area contributed by atoms with Crippen molar-refractivity contribution in [1.29, 1.82) is 0 Å². The van der Waals surface area contributed by atoms with Crippen LogP contribution in [0.3, 0.4) is 0 Å². The van der Waals surface area contributed by atoms with E-state index in [0.29, 0.717) is 23.0 Å². The zero-order chi connectivity index (χ0) is 16.2. The molecule has 1 unspecified atom stereocenters. The van der Waals surface area contributed by atoms with Crippen molar-refractivity contribution in [3.63, 3.8) is 0 Å². The SMILES string of the molecule is Cc1oc(C)c(S(=O)(=O)NC(C)CCCC(C)C)c1CN. The van der Waals surface area contributed by atoms with Crippen LogP contribution in [0, 0.1) is 19.8 Å². The summed E-state index contributed by atoms with van der Waals surface area (Å²) >= 11 is 0. The summed E-state index contributed by atoms with van der Waals surface area (Å²) in [5.41, 5.74) is 6.22. The molecule has 21 heavy (non-hydrogen) atoms. The fraction of sp³-hybridized carbons (Fsp3) is 0.733. The van der Waals surface area contributed by atoms with Gasteiger partial charge in [-0.2, -0.15) is 0 Å². The Balaban J connectivity index is 2.82. The van der Waals surface area contributed by atoms with Gasteiger partial charge in [0.15, 0.2) is 0 Å². The molecule has 0 aliphatic rings. The molecule has 5 nitrogen and oxygen atoms in total. The summed E-state index contributed by atoms with van der Waals surface area (Å²) in [6.45, 7) is 9.77. The Morgan fingerprint density at radius 1 is 1.14 bits per heavy atom. The highest BCUT2D eigenvalue weighted by molar-refractivity contribution is 7.89. The second-order valence-corrected chi connectivity index (χ2v) is 7.72. The first-order chi connectivity index (χ1) is 9.69. The van der Waals surface area contributed by atoms with Gasteiger partial charge in [0.2, 0.25) is 10.0 Å². The van der Waals surface area contributed by atoms with Crippen LogP contribution < -0.4 is 10.5 Å². The van der Waals surface area contributed by atoms with E-state index >= 15 is 0 Å². The lowest BCUT2D eigenvalue weighted by Gasteiger charge is -2.15. The van der Waals surface area contributed by atoms with Crippen LogP contribution in [0.5, 0.6) is 0 Å². The second-order valence-electron chi connectivity index (χ2n) is 6.07. The lowest BCUT2D eigenvalue weighted by Crippen LogP contribution is -2.33. The molecule has 0 spiro atoms. The highest BCUT2D eigenvalue weighted by atomic mass is 32.2. The van der Waals surface area contributed by atoms with E-state index < -0.39 is 10.0 Å². The van der Waals surface area contributed by atoms with Crippen LogP contribution in [0.25, 0.3) is 0 Å². The molecular weight excluding hydrogens is 288 g/mol. The van der Waals surface area contributed by atoms with Crippen LogP contribution in [0.15, 0.2) is 9.31 Å². The smallest absolute Gasteiger partial charge is 0.244 e. The van der Waals surface area contributed by atoms with Gasteiger partial charge in [-0.15, -0.1) is 0 Å². The maximum Gasteiger partial charge on any atom is 0.244 e. The first-order valence-electron chi connectivity index (χ1n) is 7.50. The molecule has 0 radical (unpaired) electrons. The zero-order valence-corrected chi connectivity index (χ0v) is 14.5. The third-order valence-electron chi connectivity index (χ3n) is 3.57. The zero-order valence-electron chi connectivity index (χ0n) is 13.7. The number of aryl methyl sites for hydroxylation is 2. The van der Waals surface area contributed by atoms with Gasteiger partial charge in [-0.1, -0.05) is 26.7 Å². The summed E-state index contributed by atoms with van der Waals surface area (Å²) in [6, 6.07) is -0.103. The average Bonchev–Trinajstić information content (AvgIpc) is 2.62. The van der Waals surface area contributed by atoms with E-state index in [1.165, 1.54) is 0 Å². The van der Waals surface area contributed by atoms with E-state index in [1.807, 2.05) is 6.92 Å². The Bertz CT molecular complexity index is 562. The number of nitrogens with one attached hydrogen (secondary N) is 1. The first-order valence-corrected chi connectivity index (χ1v) is 8.98. The Morgan fingerprint density at radius 2 is 1.76 bits per heavy atom. The molecule has 0 aliphatic heterocycles. The lowest BCUT2D eigenvalue weighted by atomic mass is 10.0. The normalized spacial score (nSPS) is 13.9. The minimum atomic E-state index is -3.59. The molecule has 1 aromatic heterocycles. The maximum atomic E-state index is 12.5. The van der Waals surface area contributed by atoms with Crippen molar-refractivity contribution in [2.75, 3.05) is 0 Å². The number of rotatable bonds is 8. The van der Waals surface area contributed by atoms with E-state index in [-0.39, 0.29) is 17.5 Å². The van der Waals surface area contributed by atoms with E-state index in [0.717, 1.165) is 19.3 Å². The van der Waals surface area contributed by atoms with Crippen LogP contribution in [0.1, 0.15) is 57.1 Å². The fourth-order valence-electron chi connectivity index (χ4n) is 2.51. The molecule has 3 N–H and O–H groups in total. The van der Waals surface area contributed by atoms with Crippen molar-refractivity contribution in [1.82, 2.24) is 4.72 Å². The fourth-order valence-corrected chi connectivity index (χ4v) is 4.25. The molecule has 0 aromatic carbocycles. The molecule has 6 heteroatoms. The van der Waals surface area contributed by atoms with Crippen molar-refractivity contribution in [2.45, 2.75) is 71.4 Å². The van der Waals surface area contributed by atoms with Crippen molar-refractivity contribution in [3.05, 3.63) is 17.1 Å². The predicted molar refractivity (Wildman–Crippen MR) is 84.5 cm³/mol. The van der Waals surface area contributed by atoms with Crippen molar-refractivity contribution in [3.8, 4) is 0 Å². The van der Waals surface area contributed by atoms with Crippen molar-refractivity contribution in [2.24, 2.45) is 11.7 Å². The average molecular weight is 316 g/mol. The topological polar surface area (TPSA) is 85.3 Å². The molecule has 1 heterocycles. The second kappa shape index (κ2) is 7.42. The number of furan rings is 1. The standard InChI is InChI=1S/C15H28N2O3S/c1-10(2)7-6-8-11(3)17-21(18,19)15-13(5)20-12(4)14(15)9-16/h10-11,17H,6-9,16H2,1-5H3. The van der Waals surface area contributed by atoms with Gasteiger partial charge in [0.1, 0.15) is 16.4 Å². The number of hydrogen-bond donors (Lipinski definition) is 2. The van der Waals surface area contributed by atoms with Crippen molar-refractivity contribution < 1.29 is 12.8 Å². The van der Waals surface area contributed by atoms with Gasteiger partial charge in [-0.3, -0.25) is 0 Å². The summed E-state index contributed by atoms with van der Waals surface area (Å²) in [6.07, 6.45) is 2.93. The molecule has 0 amide bonds. The van der Waals surface area contributed by atoms with Gasteiger partial charge >= 0.3 is 0 Å². The van der Waals surface area contributed by atoms with Crippen molar-refractivity contribution >= 4 is 10.0 Å². The highest BCUT2D eigenvalue weighted by Gasteiger charge is 2.27. The van der Waals surface area contributed by atoms with E-state index in [1.54, 1.807) is 13.8 Å². The molecule has 1 rings (SSSR count). The molecule has 0 bridgehead atoms. The molecular formula is C15H28N2O3S. The van der Waals surface area contributed by atoms with Crippen LogP contribution in [0.4, 0.5) is 0 Å². The van der Waals surface area contributed by atoms with Gasteiger partial charge in [-0.05, 0) is 33.1 Å². The largest absolute Gasteiger partial charge is 0.465 e. The Morgan fingerprint density at radius 3 is 2.29 bits per heavy atom. The van der Waals surface area contributed by atoms with Crippen LogP contribution in [-0.4, -0.2) is 14.5 Å². The summed E-state index contributed by atoms with van der Waals surface area (Å²) in [7, 11) is -3.59. The summed E-state index contributed by atoms with van der Waals surface area (Å²) in [5.74, 6) is 1.61. The molecule has 0 saturated heterocycles. The van der Waals surface area contributed by atoms with E-state index in [2.05, 4.69) is 18.6 Å². The third-order valence-corrected chi connectivity index (χ3v) is 5.36. The Labute approximate surface area is 128 Å². The van der Waals surface area contributed by atoms with Crippen LogP contribution >= 0.6 is 0 Å². The Kier molecular flexibility index (Phi) is 6.43. The highest BCUT2D eigenvalue weighted by Crippen LogP contribution is 2.26. The lowest BCUT2D eigenvalue weighted by molar-refractivity contribution is 0.483. The summed E-state index contributed by atoms with van der Waals surface area (Å²) in [5, 5.41) is 0. The quantitative estimate of drug-likeness (QED) is 0.772. The summed E-state index contributed by atoms with van der Waals surface area (Å²) < 4.78 is 33.2. The van der Waals surface area contributed by atoms with Gasteiger partial charge in [0.05, 0.1) is 0 Å². The molecule has 0 saturated carbocycles. The maximum absolute atomic E-state index is 12.5. The van der Waals surface area contributed by atoms with Gasteiger partial charge in [-0.25, -0.2) is 13.1 Å². The van der Waals surface area contributed by atoms with Crippen LogP contribution in [-0.2, 0) is 16.6 Å². The van der Waals surface area contributed by atoms with E-state index in [9.17, 15) is 8.42 Å². The molecule has 122 valence electrons. The third kappa shape index (κ3) is 4.83. The minimum Gasteiger partial charge on any atom is -0.465 e. The monoisotopic (exact) mass is 316 g/mol. The van der Waals surface area contributed by atoms with E-state index in [4.69, 9.17) is 10.2 Å². The molecule has 0 aliphatic carbocycles. The summed E-state index contributed by atoms with van der Waals surface area (Å²) in [4.78, 5) is 0.207. The van der Waals surface area contributed by atoms with Crippen LogP contribution in [0.2, 0.25) is 0 Å². The molecule has 1 aromatic rings. The van der Waals surface area contributed by atoms with Gasteiger partial charge in [0, 0.05) is 18.2 Å². The minimum absolute atomic E-state index is 0.103. The van der Waals surface area contributed by atoms with Gasteiger partial charge in [0.25, 0.3) is 0 Å². The number of hydrogen-bond acceptors (Lipinski definition) is 4. The first kappa shape index (κ1) is 18.2. The predicted octanol–water partition coefficient (Wildman–Crippen LogP) is 2.85. The number of sulfonamides is 1. The Hall–Kier alpha value is -0.850. The number of nitrogens with two attached hydrogens (primary N) is 1. The van der Waals surface area contributed by atoms with Gasteiger partial charge < -0.3 is 10.2 Å². The molecule has 0 fully saturated rings.